The fraction of sp³-hybridized carbons (Fsp3) is 0.292. The van der Waals surface area contributed by atoms with Crippen molar-refractivity contribution in [1.82, 2.24) is 4.98 Å². The highest BCUT2D eigenvalue weighted by Crippen LogP contribution is 2.41. The van der Waals surface area contributed by atoms with Crippen LogP contribution in [0.1, 0.15) is 23.1 Å². The zero-order valence-electron chi connectivity index (χ0n) is 19.1. The van der Waals surface area contributed by atoms with Crippen LogP contribution in [0.15, 0.2) is 47.5 Å². The number of pyridine rings is 1. The molecule has 0 radical (unpaired) electrons. The molecule has 1 aliphatic heterocycles. The number of rotatable bonds is 8. The molecule has 3 aromatic rings. The number of aromatic nitrogens is 1. The van der Waals surface area contributed by atoms with Crippen molar-refractivity contribution < 1.29 is 27.4 Å². The number of benzene rings is 2. The second-order valence-corrected chi connectivity index (χ2v) is 9.75. The normalized spacial score (nSPS) is 12.9. The Morgan fingerprint density at radius 3 is 2.71 bits per heavy atom. The summed E-state index contributed by atoms with van der Waals surface area (Å²) in [6.45, 7) is 2.28. The Hall–Kier alpha value is -3.17. The maximum absolute atomic E-state index is 13.2. The van der Waals surface area contributed by atoms with Gasteiger partial charge in [0.2, 0.25) is 5.75 Å². The van der Waals surface area contributed by atoms with Crippen LogP contribution in [0, 0.1) is 6.92 Å². The number of hydrogen-bond donors (Lipinski definition) is 1. The molecule has 4 rings (SSSR count). The lowest BCUT2D eigenvalue weighted by molar-refractivity contribution is 0.246. The van der Waals surface area contributed by atoms with E-state index in [0.29, 0.717) is 34.4 Å². The van der Waals surface area contributed by atoms with Gasteiger partial charge in [0.15, 0.2) is 23.1 Å². The molecule has 8 nitrogen and oxygen atoms in total. The molecule has 0 atom stereocenters. The number of sulfonamides is 1. The first-order chi connectivity index (χ1) is 16.3. The van der Waals surface area contributed by atoms with Gasteiger partial charge in [-0.1, -0.05) is 23.7 Å². The molecular weight excluding hydrogens is 480 g/mol. The highest BCUT2D eigenvalue weighted by Gasteiger charge is 2.26. The molecule has 0 unspecified atom stereocenters. The van der Waals surface area contributed by atoms with Crippen LogP contribution in [0.4, 0.5) is 5.82 Å². The highest BCUT2D eigenvalue weighted by molar-refractivity contribution is 7.92. The van der Waals surface area contributed by atoms with Crippen molar-refractivity contribution in [2.45, 2.75) is 31.3 Å². The summed E-state index contributed by atoms with van der Waals surface area (Å²) in [5.41, 5.74) is 2.10. The Morgan fingerprint density at radius 1 is 1.15 bits per heavy atom. The molecule has 180 valence electrons. The van der Waals surface area contributed by atoms with E-state index in [1.54, 1.807) is 51.6 Å². The van der Waals surface area contributed by atoms with Crippen LogP contribution in [0.25, 0.3) is 0 Å². The second-order valence-electron chi connectivity index (χ2n) is 7.69. The second kappa shape index (κ2) is 9.99. The van der Waals surface area contributed by atoms with Crippen molar-refractivity contribution in [2.75, 3.05) is 25.5 Å². The maximum atomic E-state index is 13.2. The Bertz CT molecular complexity index is 1310. The molecule has 2 heterocycles. The standard InChI is InChI=1S/C24H25ClN2O6S/c1-15-18(25)7-4-8-21(15)34(28,29)27-24-23(22-17(13-26-24)6-5-11-32-22)33-14-16-9-10-19(30-2)20(12-16)31-3/h4,7-10,12-13H,5-6,11,14H2,1-3H3,(H,26,27). The van der Waals surface area contributed by atoms with Gasteiger partial charge < -0.3 is 18.9 Å². The van der Waals surface area contributed by atoms with E-state index in [4.69, 9.17) is 30.5 Å². The van der Waals surface area contributed by atoms with E-state index in [1.165, 1.54) is 6.07 Å². The largest absolute Gasteiger partial charge is 0.493 e. The zero-order chi connectivity index (χ0) is 24.3. The molecule has 0 amide bonds. The summed E-state index contributed by atoms with van der Waals surface area (Å²) in [7, 11) is -0.870. The van der Waals surface area contributed by atoms with Crippen molar-refractivity contribution in [3.05, 3.63) is 64.3 Å². The van der Waals surface area contributed by atoms with Gasteiger partial charge in [0, 0.05) is 16.8 Å². The third-order valence-electron chi connectivity index (χ3n) is 5.47. The van der Waals surface area contributed by atoms with Crippen LogP contribution in [-0.2, 0) is 23.1 Å². The summed E-state index contributed by atoms with van der Waals surface area (Å²) in [6.07, 6.45) is 3.21. The van der Waals surface area contributed by atoms with Gasteiger partial charge in [0.1, 0.15) is 6.61 Å². The summed E-state index contributed by atoms with van der Waals surface area (Å²) in [4.78, 5) is 4.42. The van der Waals surface area contributed by atoms with E-state index >= 15 is 0 Å². The van der Waals surface area contributed by atoms with Crippen LogP contribution in [0.2, 0.25) is 5.02 Å². The van der Waals surface area contributed by atoms with Crippen LogP contribution in [-0.4, -0.2) is 34.2 Å². The smallest absolute Gasteiger partial charge is 0.263 e. The molecule has 0 bridgehead atoms. The Labute approximate surface area is 203 Å². The molecule has 1 aliphatic rings. The summed E-state index contributed by atoms with van der Waals surface area (Å²) < 4.78 is 51.5. The first kappa shape index (κ1) is 24.0. The molecule has 0 spiro atoms. The number of aryl methyl sites for hydroxylation is 1. The highest BCUT2D eigenvalue weighted by atomic mass is 35.5. The number of nitrogens with zero attached hydrogens (tertiary/aromatic N) is 1. The predicted molar refractivity (Wildman–Crippen MR) is 129 cm³/mol. The fourth-order valence-corrected chi connectivity index (χ4v) is 5.19. The third-order valence-corrected chi connectivity index (χ3v) is 7.36. The quantitative estimate of drug-likeness (QED) is 0.472. The summed E-state index contributed by atoms with van der Waals surface area (Å²) in [5.74, 6) is 1.92. The van der Waals surface area contributed by atoms with Gasteiger partial charge in [-0.25, -0.2) is 13.4 Å². The van der Waals surface area contributed by atoms with E-state index < -0.39 is 10.0 Å². The molecular formula is C24H25ClN2O6S. The van der Waals surface area contributed by atoms with Crippen LogP contribution < -0.4 is 23.7 Å². The molecule has 1 aromatic heterocycles. The third kappa shape index (κ3) is 4.85. The van der Waals surface area contributed by atoms with Crippen molar-refractivity contribution in [2.24, 2.45) is 0 Å². The summed E-state index contributed by atoms with van der Waals surface area (Å²) >= 11 is 6.14. The fourth-order valence-electron chi connectivity index (χ4n) is 3.68. The van der Waals surface area contributed by atoms with Gasteiger partial charge in [0.05, 0.1) is 25.7 Å². The Kier molecular flexibility index (Phi) is 7.04. The van der Waals surface area contributed by atoms with E-state index in [2.05, 4.69) is 9.71 Å². The Balaban J connectivity index is 1.68. The van der Waals surface area contributed by atoms with Crippen LogP contribution >= 0.6 is 11.6 Å². The van der Waals surface area contributed by atoms with Crippen LogP contribution in [0.3, 0.4) is 0 Å². The lowest BCUT2D eigenvalue weighted by Crippen LogP contribution is -2.18. The number of ether oxygens (including phenoxy) is 4. The first-order valence-electron chi connectivity index (χ1n) is 10.6. The predicted octanol–water partition coefficient (Wildman–Crippen LogP) is 4.77. The van der Waals surface area contributed by atoms with Crippen LogP contribution in [0.5, 0.6) is 23.0 Å². The number of nitrogens with one attached hydrogen (secondary N) is 1. The van der Waals surface area contributed by atoms with Gasteiger partial charge in [-0.15, -0.1) is 0 Å². The molecule has 10 heteroatoms. The Morgan fingerprint density at radius 2 is 1.94 bits per heavy atom. The van der Waals surface area contributed by atoms with Crippen molar-refractivity contribution in [1.29, 1.82) is 0 Å². The molecule has 0 aliphatic carbocycles. The number of anilines is 1. The number of methoxy groups -OCH3 is 2. The lowest BCUT2D eigenvalue weighted by Gasteiger charge is -2.22. The molecule has 1 N–H and O–H groups in total. The van der Waals surface area contributed by atoms with Crippen molar-refractivity contribution in [3.8, 4) is 23.0 Å². The van der Waals surface area contributed by atoms with Gasteiger partial charge >= 0.3 is 0 Å². The van der Waals surface area contributed by atoms with Gasteiger partial charge in [-0.3, -0.25) is 4.72 Å². The van der Waals surface area contributed by atoms with Crippen molar-refractivity contribution in [3.63, 3.8) is 0 Å². The minimum Gasteiger partial charge on any atom is -0.493 e. The van der Waals surface area contributed by atoms with Gasteiger partial charge in [-0.05, 0) is 55.2 Å². The average Bonchev–Trinajstić information content (AvgIpc) is 2.84. The summed E-state index contributed by atoms with van der Waals surface area (Å²) in [6, 6.07) is 10.1. The van der Waals surface area contributed by atoms with Gasteiger partial charge in [-0.2, -0.15) is 0 Å². The SMILES string of the molecule is COc1ccc(COc2c(NS(=O)(=O)c3cccc(Cl)c3C)ncc3c2OCCC3)cc1OC. The first-order valence-corrected chi connectivity index (χ1v) is 12.5. The van der Waals surface area contributed by atoms with E-state index in [-0.39, 0.29) is 23.1 Å². The van der Waals surface area contributed by atoms with E-state index in [0.717, 1.165) is 24.0 Å². The number of fused-ring (bicyclic) bond motifs is 1. The van der Waals surface area contributed by atoms with Crippen molar-refractivity contribution >= 4 is 27.4 Å². The monoisotopic (exact) mass is 504 g/mol. The summed E-state index contributed by atoms with van der Waals surface area (Å²) in [5, 5.41) is 0.356. The molecule has 34 heavy (non-hydrogen) atoms. The topological polar surface area (TPSA) is 96.0 Å². The van der Waals surface area contributed by atoms with Gasteiger partial charge in [0.25, 0.3) is 10.0 Å². The minimum absolute atomic E-state index is 0.0421. The minimum atomic E-state index is -3.99. The zero-order valence-corrected chi connectivity index (χ0v) is 20.6. The average molecular weight is 505 g/mol. The lowest BCUT2D eigenvalue weighted by atomic mass is 10.1. The van der Waals surface area contributed by atoms with E-state index in [1.807, 2.05) is 6.07 Å². The number of hydrogen-bond acceptors (Lipinski definition) is 7. The van der Waals surface area contributed by atoms with E-state index in [9.17, 15) is 8.42 Å². The molecule has 0 saturated carbocycles. The molecule has 0 fully saturated rings. The molecule has 0 saturated heterocycles. The number of halogens is 1. The molecule has 2 aromatic carbocycles. The maximum Gasteiger partial charge on any atom is 0.263 e.